The van der Waals surface area contributed by atoms with Gasteiger partial charge in [0.2, 0.25) is 5.91 Å². The molecule has 5 heteroatoms. The molecule has 0 radical (unpaired) electrons. The number of hydrogen-bond acceptors (Lipinski definition) is 4. The molecule has 1 aliphatic rings. The van der Waals surface area contributed by atoms with E-state index in [2.05, 4.69) is 43.4 Å². The maximum atomic E-state index is 12.0. The normalized spacial score (nSPS) is 17.6. The lowest BCUT2D eigenvalue weighted by atomic mass is 10.1. The van der Waals surface area contributed by atoms with Crippen LogP contribution in [-0.4, -0.2) is 35.9 Å². The number of nitrogens with zero attached hydrogens (tertiary/aromatic N) is 1. The first-order valence-electron chi connectivity index (χ1n) is 8.01. The molecule has 1 aromatic carbocycles. The number of fused-ring (bicyclic) bond motifs is 1. The molecule has 1 aromatic heterocycles. The summed E-state index contributed by atoms with van der Waals surface area (Å²) in [5.74, 6) is 0.422. The SMILES string of the molecule is Cc1cc(SCC(=O)NCC2CCCO2)nc2c(C)cccc12. The molecule has 1 atom stereocenters. The summed E-state index contributed by atoms with van der Waals surface area (Å²) in [6.45, 7) is 5.58. The first-order chi connectivity index (χ1) is 11.1. The molecule has 122 valence electrons. The summed E-state index contributed by atoms with van der Waals surface area (Å²) in [5, 5.41) is 5.02. The van der Waals surface area contributed by atoms with Crippen LogP contribution in [0, 0.1) is 13.8 Å². The molecular weight excluding hydrogens is 308 g/mol. The molecule has 1 amide bonds. The molecule has 0 spiro atoms. The second-order valence-corrected chi connectivity index (χ2v) is 6.97. The van der Waals surface area contributed by atoms with Crippen LogP contribution >= 0.6 is 11.8 Å². The number of aromatic nitrogens is 1. The van der Waals surface area contributed by atoms with Crippen molar-refractivity contribution in [1.82, 2.24) is 10.3 Å². The number of ether oxygens (including phenoxy) is 1. The quantitative estimate of drug-likeness (QED) is 0.855. The third-order valence-corrected chi connectivity index (χ3v) is 5.04. The summed E-state index contributed by atoms with van der Waals surface area (Å²) >= 11 is 1.48. The molecule has 1 N–H and O–H groups in total. The fourth-order valence-electron chi connectivity index (χ4n) is 2.83. The molecular formula is C18H22N2O2S. The van der Waals surface area contributed by atoms with Crippen molar-refractivity contribution in [2.75, 3.05) is 18.9 Å². The van der Waals surface area contributed by atoms with Gasteiger partial charge in [0, 0.05) is 18.5 Å². The van der Waals surface area contributed by atoms with Gasteiger partial charge in [0.05, 0.1) is 22.4 Å². The zero-order valence-corrected chi connectivity index (χ0v) is 14.4. The number of hydrogen-bond donors (Lipinski definition) is 1. The van der Waals surface area contributed by atoms with Crippen LogP contribution < -0.4 is 5.32 Å². The van der Waals surface area contributed by atoms with Crippen LogP contribution in [0.5, 0.6) is 0 Å². The Morgan fingerprint density at radius 1 is 1.39 bits per heavy atom. The zero-order chi connectivity index (χ0) is 16.2. The Hall–Kier alpha value is -1.59. The minimum absolute atomic E-state index is 0.0369. The molecule has 2 aromatic rings. The highest BCUT2D eigenvalue weighted by atomic mass is 32.2. The number of rotatable bonds is 5. The van der Waals surface area contributed by atoms with Crippen LogP contribution in [0.4, 0.5) is 0 Å². The van der Waals surface area contributed by atoms with Crippen molar-refractivity contribution in [1.29, 1.82) is 0 Å². The van der Waals surface area contributed by atoms with E-state index in [1.807, 2.05) is 0 Å². The van der Waals surface area contributed by atoms with Crippen molar-refractivity contribution in [2.45, 2.75) is 37.8 Å². The highest BCUT2D eigenvalue weighted by Gasteiger charge is 2.16. The summed E-state index contributed by atoms with van der Waals surface area (Å²) in [5.41, 5.74) is 3.38. The Balaban J connectivity index is 1.60. The van der Waals surface area contributed by atoms with Crippen LogP contribution in [0.25, 0.3) is 10.9 Å². The van der Waals surface area contributed by atoms with E-state index in [1.165, 1.54) is 22.7 Å². The number of carbonyl (C=O) groups is 1. The fraction of sp³-hybridized carbons (Fsp3) is 0.444. The highest BCUT2D eigenvalue weighted by molar-refractivity contribution is 7.99. The number of aryl methyl sites for hydroxylation is 2. The number of thioether (sulfide) groups is 1. The van der Waals surface area contributed by atoms with Crippen molar-refractivity contribution in [3.63, 3.8) is 0 Å². The Morgan fingerprint density at radius 3 is 3.04 bits per heavy atom. The number of pyridine rings is 1. The molecule has 1 saturated heterocycles. The van der Waals surface area contributed by atoms with Gasteiger partial charge in [-0.2, -0.15) is 0 Å². The second kappa shape index (κ2) is 7.32. The number of amides is 1. The summed E-state index contributed by atoms with van der Waals surface area (Å²) < 4.78 is 5.51. The first kappa shape index (κ1) is 16.3. The molecule has 1 fully saturated rings. The van der Waals surface area contributed by atoms with Crippen molar-refractivity contribution in [3.05, 3.63) is 35.4 Å². The van der Waals surface area contributed by atoms with E-state index in [9.17, 15) is 4.79 Å². The molecule has 1 unspecified atom stereocenters. The van der Waals surface area contributed by atoms with E-state index in [0.29, 0.717) is 12.3 Å². The average molecular weight is 330 g/mol. The lowest BCUT2D eigenvalue weighted by Gasteiger charge is -2.11. The molecule has 3 rings (SSSR count). The topological polar surface area (TPSA) is 51.2 Å². The third-order valence-electron chi connectivity index (χ3n) is 4.13. The largest absolute Gasteiger partial charge is 0.376 e. The van der Waals surface area contributed by atoms with E-state index >= 15 is 0 Å². The number of carbonyl (C=O) groups excluding carboxylic acids is 1. The van der Waals surface area contributed by atoms with Gasteiger partial charge in [-0.15, -0.1) is 0 Å². The number of nitrogens with one attached hydrogen (secondary N) is 1. The van der Waals surface area contributed by atoms with Gasteiger partial charge < -0.3 is 10.1 Å². The van der Waals surface area contributed by atoms with E-state index in [0.717, 1.165) is 35.6 Å². The van der Waals surface area contributed by atoms with E-state index in [1.54, 1.807) is 0 Å². The van der Waals surface area contributed by atoms with Gasteiger partial charge in [-0.25, -0.2) is 4.98 Å². The van der Waals surface area contributed by atoms with Crippen molar-refractivity contribution in [3.8, 4) is 0 Å². The molecule has 0 aliphatic carbocycles. The minimum Gasteiger partial charge on any atom is -0.376 e. The first-order valence-corrected chi connectivity index (χ1v) is 9.00. The van der Waals surface area contributed by atoms with Crippen molar-refractivity contribution < 1.29 is 9.53 Å². The van der Waals surface area contributed by atoms with Crippen LogP contribution in [0.2, 0.25) is 0 Å². The lowest BCUT2D eigenvalue weighted by molar-refractivity contribution is -0.119. The fourth-order valence-corrected chi connectivity index (χ4v) is 3.63. The molecule has 2 heterocycles. The van der Waals surface area contributed by atoms with Gasteiger partial charge in [-0.1, -0.05) is 30.0 Å². The summed E-state index contributed by atoms with van der Waals surface area (Å²) in [4.78, 5) is 16.7. The van der Waals surface area contributed by atoms with Crippen molar-refractivity contribution >= 4 is 28.6 Å². The highest BCUT2D eigenvalue weighted by Crippen LogP contribution is 2.25. The summed E-state index contributed by atoms with van der Waals surface area (Å²) in [7, 11) is 0. The number of benzene rings is 1. The Bertz CT molecular complexity index is 711. The number of para-hydroxylation sites is 1. The smallest absolute Gasteiger partial charge is 0.230 e. The summed E-state index contributed by atoms with van der Waals surface area (Å²) in [6.07, 6.45) is 2.32. The molecule has 0 saturated carbocycles. The Kier molecular flexibility index (Phi) is 5.18. The molecule has 0 bridgehead atoms. The monoisotopic (exact) mass is 330 g/mol. The molecule has 4 nitrogen and oxygen atoms in total. The predicted octanol–water partition coefficient (Wildman–Crippen LogP) is 3.24. The van der Waals surface area contributed by atoms with Gasteiger partial charge in [-0.05, 0) is 43.9 Å². The van der Waals surface area contributed by atoms with Gasteiger partial charge in [0.1, 0.15) is 0 Å². The van der Waals surface area contributed by atoms with E-state index in [-0.39, 0.29) is 12.0 Å². The van der Waals surface area contributed by atoms with Crippen LogP contribution in [0.3, 0.4) is 0 Å². The second-order valence-electron chi connectivity index (χ2n) is 5.98. The average Bonchev–Trinajstić information content (AvgIpc) is 3.05. The predicted molar refractivity (Wildman–Crippen MR) is 93.9 cm³/mol. The van der Waals surface area contributed by atoms with Gasteiger partial charge in [-0.3, -0.25) is 4.79 Å². The van der Waals surface area contributed by atoms with Crippen LogP contribution in [-0.2, 0) is 9.53 Å². The third kappa shape index (κ3) is 4.03. The van der Waals surface area contributed by atoms with Crippen LogP contribution in [0.1, 0.15) is 24.0 Å². The van der Waals surface area contributed by atoms with Gasteiger partial charge in [0.25, 0.3) is 0 Å². The maximum absolute atomic E-state index is 12.0. The van der Waals surface area contributed by atoms with Gasteiger partial charge >= 0.3 is 0 Å². The lowest BCUT2D eigenvalue weighted by Crippen LogP contribution is -2.32. The Labute approximate surface area is 141 Å². The van der Waals surface area contributed by atoms with Crippen LogP contribution in [0.15, 0.2) is 29.3 Å². The molecule has 1 aliphatic heterocycles. The van der Waals surface area contributed by atoms with E-state index in [4.69, 9.17) is 9.72 Å². The maximum Gasteiger partial charge on any atom is 0.230 e. The molecule has 23 heavy (non-hydrogen) atoms. The minimum atomic E-state index is 0.0369. The Morgan fingerprint density at radius 2 is 2.26 bits per heavy atom. The van der Waals surface area contributed by atoms with Crippen molar-refractivity contribution in [2.24, 2.45) is 0 Å². The van der Waals surface area contributed by atoms with Gasteiger partial charge in [0.15, 0.2) is 0 Å². The van der Waals surface area contributed by atoms with E-state index < -0.39 is 0 Å². The summed E-state index contributed by atoms with van der Waals surface area (Å²) in [6, 6.07) is 8.27. The zero-order valence-electron chi connectivity index (χ0n) is 13.6. The standard InChI is InChI=1S/C18H22N2O2S/c1-12-5-3-7-15-13(2)9-17(20-18(12)15)23-11-16(21)19-10-14-6-4-8-22-14/h3,5,7,9,14H,4,6,8,10-11H2,1-2H3,(H,19,21).